The standard InChI is InChI=1S/C21H28BF2NO5/c1-21(23,24)13-18(26)25-17-12-15-8-5-9-16(19(15)30-22(17)28)20(27)29-11-10-14-6-3-2-4-7-14/h5,8-9,14,17,28H,2-4,6-7,10-13H2,1H3,(H,25,26)/t17-/m0/s1. The van der Waals surface area contributed by atoms with Crippen molar-refractivity contribution in [1.82, 2.24) is 5.32 Å². The molecule has 1 atom stereocenters. The lowest BCUT2D eigenvalue weighted by molar-refractivity contribution is -0.127. The summed E-state index contributed by atoms with van der Waals surface area (Å²) in [6.45, 7) is 0.988. The molecule has 0 saturated heterocycles. The molecule has 1 amide bonds. The van der Waals surface area contributed by atoms with Gasteiger partial charge in [0.2, 0.25) is 5.91 Å². The quantitative estimate of drug-likeness (QED) is 0.520. The zero-order valence-corrected chi connectivity index (χ0v) is 17.2. The molecule has 2 aliphatic rings. The molecule has 0 unspecified atom stereocenters. The highest BCUT2D eigenvalue weighted by Crippen LogP contribution is 2.31. The highest BCUT2D eigenvalue weighted by Gasteiger charge is 2.39. The van der Waals surface area contributed by atoms with Crippen LogP contribution in [0.25, 0.3) is 0 Å². The Balaban J connectivity index is 1.59. The second-order valence-corrected chi connectivity index (χ2v) is 8.36. The van der Waals surface area contributed by atoms with E-state index in [1.807, 2.05) is 0 Å². The minimum atomic E-state index is -3.14. The first kappa shape index (κ1) is 22.5. The molecule has 0 bridgehead atoms. The molecule has 0 aromatic heterocycles. The van der Waals surface area contributed by atoms with E-state index in [1.165, 1.54) is 32.1 Å². The molecule has 1 saturated carbocycles. The number of para-hydroxylation sites is 1. The molecule has 30 heavy (non-hydrogen) atoms. The summed E-state index contributed by atoms with van der Waals surface area (Å²) in [6.07, 6.45) is 6.08. The van der Waals surface area contributed by atoms with Crippen molar-refractivity contribution in [3.05, 3.63) is 29.3 Å². The van der Waals surface area contributed by atoms with Crippen LogP contribution in [0.2, 0.25) is 0 Å². The summed E-state index contributed by atoms with van der Waals surface area (Å²) in [5, 5.41) is 12.6. The molecule has 3 rings (SSSR count). The molecule has 2 N–H and O–H groups in total. The van der Waals surface area contributed by atoms with Crippen LogP contribution in [0, 0.1) is 5.92 Å². The Hall–Kier alpha value is -2.16. The van der Waals surface area contributed by atoms with Gasteiger partial charge in [0.25, 0.3) is 5.92 Å². The molecule has 0 radical (unpaired) electrons. The molecule has 1 aliphatic heterocycles. The average Bonchev–Trinajstić information content (AvgIpc) is 2.67. The smallest absolute Gasteiger partial charge is 0.534 e. The number of rotatable bonds is 7. The third kappa shape index (κ3) is 6.17. The topological polar surface area (TPSA) is 84.9 Å². The number of nitrogens with one attached hydrogen (secondary N) is 1. The Labute approximate surface area is 175 Å². The van der Waals surface area contributed by atoms with E-state index in [2.05, 4.69) is 5.32 Å². The van der Waals surface area contributed by atoms with Crippen molar-refractivity contribution in [3.63, 3.8) is 0 Å². The number of ether oxygens (including phenoxy) is 1. The van der Waals surface area contributed by atoms with E-state index in [1.54, 1.807) is 18.2 Å². The third-order valence-corrected chi connectivity index (χ3v) is 5.64. The van der Waals surface area contributed by atoms with E-state index in [0.29, 0.717) is 25.0 Å². The second-order valence-electron chi connectivity index (χ2n) is 8.36. The number of carbonyl (C=O) groups is 2. The van der Waals surface area contributed by atoms with E-state index >= 15 is 0 Å². The lowest BCUT2D eigenvalue weighted by Gasteiger charge is -2.29. The van der Waals surface area contributed by atoms with Crippen molar-refractivity contribution >= 4 is 19.0 Å². The molecule has 164 valence electrons. The number of esters is 1. The molecule has 1 aromatic carbocycles. The Morgan fingerprint density at radius 3 is 2.73 bits per heavy atom. The first-order valence-corrected chi connectivity index (χ1v) is 10.5. The van der Waals surface area contributed by atoms with E-state index in [0.717, 1.165) is 6.42 Å². The van der Waals surface area contributed by atoms with Gasteiger partial charge in [-0.2, -0.15) is 0 Å². The minimum absolute atomic E-state index is 0.153. The predicted molar refractivity (Wildman–Crippen MR) is 107 cm³/mol. The number of hydrogen-bond donors (Lipinski definition) is 2. The van der Waals surface area contributed by atoms with E-state index < -0.39 is 37.3 Å². The highest BCUT2D eigenvalue weighted by atomic mass is 19.3. The zero-order chi connectivity index (χ0) is 21.7. The first-order chi connectivity index (χ1) is 14.2. The van der Waals surface area contributed by atoms with Gasteiger partial charge in [-0.1, -0.05) is 44.2 Å². The van der Waals surface area contributed by atoms with Crippen molar-refractivity contribution in [3.8, 4) is 5.75 Å². The molecular weight excluding hydrogens is 395 g/mol. The third-order valence-electron chi connectivity index (χ3n) is 5.64. The Bertz CT molecular complexity index is 764. The van der Waals surface area contributed by atoms with Crippen molar-refractivity contribution in [2.45, 2.75) is 70.2 Å². The van der Waals surface area contributed by atoms with Crippen molar-refractivity contribution in [1.29, 1.82) is 0 Å². The molecular formula is C21H28BF2NO5. The zero-order valence-electron chi connectivity index (χ0n) is 17.2. The summed E-state index contributed by atoms with van der Waals surface area (Å²) < 4.78 is 36.9. The van der Waals surface area contributed by atoms with Crippen LogP contribution in [-0.2, 0) is 16.0 Å². The summed E-state index contributed by atoms with van der Waals surface area (Å²) in [7, 11) is -1.46. The summed E-state index contributed by atoms with van der Waals surface area (Å²) in [5.41, 5.74) is 0.802. The lowest BCUT2D eigenvalue weighted by atomic mass is 9.72. The summed E-state index contributed by atoms with van der Waals surface area (Å²) in [6, 6.07) is 4.93. The van der Waals surface area contributed by atoms with Crippen LogP contribution in [0.15, 0.2) is 18.2 Å². The van der Waals surface area contributed by atoms with Crippen molar-refractivity contribution in [2.24, 2.45) is 5.92 Å². The average molecular weight is 423 g/mol. The molecule has 1 aliphatic carbocycles. The number of benzene rings is 1. The van der Waals surface area contributed by atoms with E-state index in [9.17, 15) is 23.4 Å². The van der Waals surface area contributed by atoms with Gasteiger partial charge in [-0.05, 0) is 37.3 Å². The number of hydrogen-bond acceptors (Lipinski definition) is 5. The van der Waals surface area contributed by atoms with Gasteiger partial charge in [-0.15, -0.1) is 0 Å². The van der Waals surface area contributed by atoms with Crippen molar-refractivity contribution in [2.75, 3.05) is 6.61 Å². The molecule has 6 nitrogen and oxygen atoms in total. The number of fused-ring (bicyclic) bond motifs is 1. The van der Waals surface area contributed by atoms with Gasteiger partial charge in [0.05, 0.1) is 19.0 Å². The fourth-order valence-corrected chi connectivity index (χ4v) is 4.12. The monoisotopic (exact) mass is 423 g/mol. The van der Waals surface area contributed by atoms with Gasteiger partial charge in [0, 0.05) is 0 Å². The van der Waals surface area contributed by atoms with Crippen LogP contribution in [0.5, 0.6) is 5.75 Å². The largest absolute Gasteiger partial charge is 0.547 e. The van der Waals surface area contributed by atoms with Crippen LogP contribution in [-0.4, -0.2) is 42.5 Å². The van der Waals surface area contributed by atoms with Crippen molar-refractivity contribution < 1.29 is 32.8 Å². The molecule has 1 aromatic rings. The van der Waals surface area contributed by atoms with Crippen LogP contribution in [0.4, 0.5) is 8.78 Å². The van der Waals surface area contributed by atoms with Gasteiger partial charge in [-0.25, -0.2) is 13.6 Å². The molecule has 9 heteroatoms. The second kappa shape index (κ2) is 9.77. The van der Waals surface area contributed by atoms with E-state index in [-0.39, 0.29) is 17.7 Å². The maximum Gasteiger partial charge on any atom is 0.547 e. The van der Waals surface area contributed by atoms with Gasteiger partial charge in [0.1, 0.15) is 11.3 Å². The fourth-order valence-electron chi connectivity index (χ4n) is 4.12. The van der Waals surface area contributed by atoms with Crippen LogP contribution in [0.1, 0.15) is 67.8 Å². The summed E-state index contributed by atoms with van der Waals surface area (Å²) in [5.74, 6) is -4.63. The Morgan fingerprint density at radius 2 is 2.03 bits per heavy atom. The maximum atomic E-state index is 13.0. The van der Waals surface area contributed by atoms with E-state index in [4.69, 9.17) is 9.39 Å². The molecule has 0 spiro atoms. The van der Waals surface area contributed by atoms with Gasteiger partial charge >= 0.3 is 13.1 Å². The SMILES string of the molecule is CC(F)(F)CC(=O)N[C@H]1Cc2cccc(C(=O)OCCC3CCCCC3)c2OB1O. The van der Waals surface area contributed by atoms with Gasteiger partial charge in [0.15, 0.2) is 0 Å². The number of carbonyl (C=O) groups excluding carboxylic acids is 2. The predicted octanol–water partition coefficient (Wildman–Crippen LogP) is 3.30. The normalized spacial score (nSPS) is 19.6. The minimum Gasteiger partial charge on any atom is -0.534 e. The van der Waals surface area contributed by atoms with Crippen LogP contribution >= 0.6 is 0 Å². The van der Waals surface area contributed by atoms with Gasteiger partial charge < -0.3 is 19.7 Å². The summed E-state index contributed by atoms with van der Waals surface area (Å²) >= 11 is 0. The molecule has 1 heterocycles. The number of halogens is 2. The highest BCUT2D eigenvalue weighted by molar-refractivity contribution is 6.47. The van der Waals surface area contributed by atoms with Crippen LogP contribution < -0.4 is 9.97 Å². The molecule has 1 fully saturated rings. The fraction of sp³-hybridized carbons (Fsp3) is 0.619. The van der Waals surface area contributed by atoms with Gasteiger partial charge in [-0.3, -0.25) is 4.79 Å². The first-order valence-electron chi connectivity index (χ1n) is 10.5. The maximum absolute atomic E-state index is 13.0. The number of amides is 1. The lowest BCUT2D eigenvalue weighted by Crippen LogP contribution is -2.53. The Kier molecular flexibility index (Phi) is 7.34. The summed E-state index contributed by atoms with van der Waals surface area (Å²) in [4.78, 5) is 24.3. The Morgan fingerprint density at radius 1 is 1.30 bits per heavy atom. The number of alkyl halides is 2. The van der Waals surface area contributed by atoms with Crippen LogP contribution in [0.3, 0.4) is 0 Å².